The first-order chi connectivity index (χ1) is 29.1. The molecule has 0 bridgehead atoms. The zero-order chi connectivity index (χ0) is 41.1. The van der Waals surface area contributed by atoms with Crippen LogP contribution in [0.25, 0.3) is 0 Å². The number of aliphatic hydroxyl groups excluding tert-OH is 1. The highest BCUT2D eigenvalue weighted by Gasteiger charge is 2.50. The van der Waals surface area contributed by atoms with E-state index in [1.54, 1.807) is 6.08 Å². The molecule has 5 aromatic carbocycles. The Labute approximate surface area is 354 Å². The monoisotopic (exact) mass is 820 g/mol. The van der Waals surface area contributed by atoms with Crippen LogP contribution in [0.4, 0.5) is 0 Å². The molecule has 0 saturated carbocycles. The van der Waals surface area contributed by atoms with E-state index >= 15 is 0 Å². The van der Waals surface area contributed by atoms with Gasteiger partial charge in [0.2, 0.25) is 0 Å². The Kier molecular flexibility index (Phi) is 17.9. The molecule has 0 spiro atoms. The van der Waals surface area contributed by atoms with Gasteiger partial charge in [-0.05, 0) is 84.7 Å². The lowest BCUT2D eigenvalue weighted by Gasteiger charge is -2.46. The molecule has 8 nitrogen and oxygen atoms in total. The molecule has 5 atom stereocenters. The van der Waals surface area contributed by atoms with Gasteiger partial charge >= 0.3 is 0 Å². The van der Waals surface area contributed by atoms with Gasteiger partial charge in [0.15, 0.2) is 0 Å². The quantitative estimate of drug-likeness (QED) is 0.0487. The van der Waals surface area contributed by atoms with E-state index in [9.17, 15) is 5.11 Å². The third kappa shape index (κ3) is 13.2. The highest BCUT2D eigenvalue weighted by atomic mass is 35.5. The molecular formula is C50H57ClO8. The highest BCUT2D eigenvalue weighted by Crippen LogP contribution is 2.43. The average molecular weight is 821 g/mol. The molecule has 1 fully saturated rings. The number of hydrogen-bond donors (Lipinski definition) is 1. The van der Waals surface area contributed by atoms with Gasteiger partial charge in [-0.3, -0.25) is 0 Å². The second-order valence-electron chi connectivity index (χ2n) is 14.6. The van der Waals surface area contributed by atoms with Gasteiger partial charge in [0.25, 0.3) is 0 Å². The highest BCUT2D eigenvalue weighted by molar-refractivity contribution is 6.31. The van der Waals surface area contributed by atoms with Crippen LogP contribution in [0.15, 0.2) is 140 Å². The maximum absolute atomic E-state index is 9.35. The Balaban J connectivity index is 1.43. The third-order valence-corrected chi connectivity index (χ3v) is 10.5. The van der Waals surface area contributed by atoms with Crippen molar-refractivity contribution in [1.29, 1.82) is 0 Å². The van der Waals surface area contributed by atoms with Gasteiger partial charge in [-0.25, -0.2) is 0 Å². The van der Waals surface area contributed by atoms with Crippen molar-refractivity contribution in [2.45, 2.75) is 82.9 Å². The molecular weight excluding hydrogens is 764 g/mol. The molecule has 0 aliphatic carbocycles. The molecule has 0 radical (unpaired) electrons. The van der Waals surface area contributed by atoms with E-state index in [2.05, 4.69) is 36.9 Å². The Morgan fingerprint density at radius 3 is 1.85 bits per heavy atom. The summed E-state index contributed by atoms with van der Waals surface area (Å²) in [6, 6.07) is 42.3. The number of hydrogen-bond acceptors (Lipinski definition) is 8. The summed E-state index contributed by atoms with van der Waals surface area (Å²) in [5.41, 5.74) is 5.82. The summed E-state index contributed by atoms with van der Waals surface area (Å²) >= 11 is 7.06. The van der Waals surface area contributed by atoms with Crippen molar-refractivity contribution in [3.05, 3.63) is 178 Å². The fraction of sp³-hybridized carbons (Fsp3) is 0.360. The number of rotatable bonds is 24. The molecule has 9 heteroatoms. The first kappa shape index (κ1) is 44.1. The SMILES string of the molecule is C=CCOc1cc(Cl)c(Cc2ccc(OCC)cc2)cc1[C@@H]1OC(COCCCCCO)[C@@H](OCc2ccccc2)C(OCc2ccccc2)[C@H]1OCc1ccccc1. The van der Waals surface area contributed by atoms with E-state index in [0.717, 1.165) is 58.4 Å². The van der Waals surface area contributed by atoms with Crippen molar-refractivity contribution in [1.82, 2.24) is 0 Å². The summed E-state index contributed by atoms with van der Waals surface area (Å²) < 4.78 is 46.5. The first-order valence-corrected chi connectivity index (χ1v) is 21.0. The van der Waals surface area contributed by atoms with Crippen LogP contribution in [-0.2, 0) is 49.9 Å². The molecule has 1 N–H and O–H groups in total. The fourth-order valence-electron chi connectivity index (χ4n) is 7.21. The van der Waals surface area contributed by atoms with Gasteiger partial charge in [-0.2, -0.15) is 0 Å². The Bertz CT molecular complexity index is 1940. The Morgan fingerprint density at radius 1 is 0.678 bits per heavy atom. The Morgan fingerprint density at radius 2 is 1.27 bits per heavy atom. The van der Waals surface area contributed by atoms with E-state index in [1.807, 2.05) is 104 Å². The van der Waals surface area contributed by atoms with Crippen LogP contribution in [0.2, 0.25) is 5.02 Å². The molecule has 59 heavy (non-hydrogen) atoms. The fourth-order valence-corrected chi connectivity index (χ4v) is 7.43. The second-order valence-corrected chi connectivity index (χ2v) is 15.0. The smallest absolute Gasteiger partial charge is 0.127 e. The molecule has 0 amide bonds. The largest absolute Gasteiger partial charge is 0.494 e. The summed E-state index contributed by atoms with van der Waals surface area (Å²) in [7, 11) is 0. The minimum atomic E-state index is -0.685. The predicted molar refractivity (Wildman–Crippen MR) is 232 cm³/mol. The van der Waals surface area contributed by atoms with Crippen molar-refractivity contribution in [2.24, 2.45) is 0 Å². The number of aliphatic hydroxyl groups is 1. The summed E-state index contributed by atoms with van der Waals surface area (Å²) in [5.74, 6) is 1.38. The molecule has 6 rings (SSSR count). The van der Waals surface area contributed by atoms with Crippen molar-refractivity contribution in [3.8, 4) is 11.5 Å². The number of unbranched alkanes of at least 4 members (excludes halogenated alkanes) is 2. The topological polar surface area (TPSA) is 84.8 Å². The summed E-state index contributed by atoms with van der Waals surface area (Å²) in [6.07, 6.45) is 1.59. The Hall–Kier alpha value is -4.51. The van der Waals surface area contributed by atoms with E-state index in [0.29, 0.717) is 50.2 Å². The van der Waals surface area contributed by atoms with Gasteiger partial charge in [0, 0.05) is 23.8 Å². The van der Waals surface area contributed by atoms with Crippen LogP contribution in [0.3, 0.4) is 0 Å². The maximum Gasteiger partial charge on any atom is 0.127 e. The number of benzene rings is 5. The molecule has 5 aromatic rings. The van der Waals surface area contributed by atoms with Crippen LogP contribution in [0.5, 0.6) is 11.5 Å². The summed E-state index contributed by atoms with van der Waals surface area (Å²) in [5, 5.41) is 9.92. The van der Waals surface area contributed by atoms with E-state index in [-0.39, 0.29) is 19.8 Å². The number of halogens is 1. The molecule has 312 valence electrons. The van der Waals surface area contributed by atoms with Gasteiger partial charge in [0.1, 0.15) is 48.6 Å². The van der Waals surface area contributed by atoms with Gasteiger partial charge < -0.3 is 38.3 Å². The van der Waals surface area contributed by atoms with Gasteiger partial charge in [0.05, 0.1) is 33.0 Å². The molecule has 1 aliphatic heterocycles. The van der Waals surface area contributed by atoms with Crippen LogP contribution >= 0.6 is 11.6 Å². The predicted octanol–water partition coefficient (Wildman–Crippen LogP) is 10.3. The zero-order valence-corrected chi connectivity index (χ0v) is 34.7. The molecule has 1 aliphatic rings. The normalized spacial score (nSPS) is 19.0. The third-order valence-electron chi connectivity index (χ3n) is 10.2. The second kappa shape index (κ2) is 23.9. The van der Waals surface area contributed by atoms with Crippen molar-refractivity contribution in [2.75, 3.05) is 33.0 Å². The first-order valence-electron chi connectivity index (χ1n) is 20.6. The van der Waals surface area contributed by atoms with Crippen molar-refractivity contribution in [3.63, 3.8) is 0 Å². The summed E-state index contributed by atoms with van der Waals surface area (Å²) in [4.78, 5) is 0. The van der Waals surface area contributed by atoms with Crippen LogP contribution < -0.4 is 9.47 Å². The minimum absolute atomic E-state index is 0.158. The van der Waals surface area contributed by atoms with Crippen molar-refractivity contribution >= 4 is 11.6 Å². The van der Waals surface area contributed by atoms with E-state index in [4.69, 9.17) is 44.8 Å². The van der Waals surface area contributed by atoms with Crippen LogP contribution in [-0.4, -0.2) is 62.6 Å². The molecule has 2 unspecified atom stereocenters. The average Bonchev–Trinajstić information content (AvgIpc) is 3.27. The van der Waals surface area contributed by atoms with Gasteiger partial charge in [-0.1, -0.05) is 127 Å². The standard InChI is InChI=1S/C50H57ClO8/c1-3-28-55-45-32-44(51)41(30-37-23-25-42(26-24-37)54-4-2)31-43(45)47-49(57-34-39-19-11-6-12-20-39)50(58-35-40-21-13-7-14-22-40)48(56-33-38-17-9-5-10-18-38)46(59-47)36-53-29-16-8-15-27-52/h3,5-7,9-14,17-26,31-32,46-50,52H,1,4,8,15-16,27-30,33-36H2,2H3/t46?,47-,48+,49-,50?/m0/s1. The zero-order valence-electron chi connectivity index (χ0n) is 34.0. The van der Waals surface area contributed by atoms with E-state index < -0.39 is 30.5 Å². The molecule has 1 heterocycles. The van der Waals surface area contributed by atoms with Crippen LogP contribution in [0, 0.1) is 0 Å². The van der Waals surface area contributed by atoms with Crippen LogP contribution in [0.1, 0.15) is 65.7 Å². The van der Waals surface area contributed by atoms with E-state index in [1.165, 1.54) is 0 Å². The van der Waals surface area contributed by atoms with Gasteiger partial charge in [-0.15, -0.1) is 0 Å². The lowest BCUT2D eigenvalue weighted by atomic mass is 9.88. The lowest BCUT2D eigenvalue weighted by molar-refractivity contribution is -0.274. The summed E-state index contributed by atoms with van der Waals surface area (Å²) in [6.45, 7) is 8.64. The number of ether oxygens (including phenoxy) is 7. The maximum atomic E-state index is 9.35. The molecule has 1 saturated heterocycles. The molecule has 0 aromatic heterocycles. The van der Waals surface area contributed by atoms with Crippen molar-refractivity contribution < 1.29 is 38.3 Å². The minimum Gasteiger partial charge on any atom is -0.494 e. The lowest BCUT2D eigenvalue weighted by Crippen LogP contribution is -2.58.